The highest BCUT2D eigenvalue weighted by Crippen LogP contribution is 2.32. The van der Waals surface area contributed by atoms with Gasteiger partial charge >= 0.3 is 0 Å². The molecule has 2 amide bonds. The van der Waals surface area contributed by atoms with Gasteiger partial charge in [0.2, 0.25) is 5.91 Å². The maximum absolute atomic E-state index is 13.0. The van der Waals surface area contributed by atoms with Crippen molar-refractivity contribution in [3.05, 3.63) is 82.8 Å². The molecule has 5 rings (SSSR count). The quantitative estimate of drug-likeness (QED) is 0.611. The Balaban J connectivity index is 1.25. The number of ether oxygens (including phenoxy) is 1. The van der Waals surface area contributed by atoms with Crippen LogP contribution in [0.2, 0.25) is 0 Å². The third-order valence-electron chi connectivity index (χ3n) is 7.21. The van der Waals surface area contributed by atoms with Crippen molar-refractivity contribution in [2.45, 2.75) is 69.8 Å². The number of fused-ring (bicyclic) bond motifs is 1. The van der Waals surface area contributed by atoms with E-state index in [1.54, 1.807) is 4.90 Å². The monoisotopic (exact) mass is 470 g/mol. The van der Waals surface area contributed by atoms with Crippen molar-refractivity contribution in [3.8, 4) is 5.75 Å². The zero-order chi connectivity index (χ0) is 24.4. The highest BCUT2D eigenvalue weighted by atomic mass is 16.5. The van der Waals surface area contributed by atoms with E-state index in [9.17, 15) is 9.59 Å². The summed E-state index contributed by atoms with van der Waals surface area (Å²) in [5, 5.41) is 6.42. The number of hydrogen-bond donors (Lipinski definition) is 2. The number of benzene rings is 2. The number of nitrogens with zero attached hydrogens (tertiary/aromatic N) is 2. The van der Waals surface area contributed by atoms with E-state index < -0.39 is 6.04 Å². The van der Waals surface area contributed by atoms with E-state index in [1.165, 1.54) is 0 Å². The maximum Gasteiger partial charge on any atom is 0.255 e. The number of carbonyl (C=O) groups excluding carboxylic acids is 2. The van der Waals surface area contributed by atoms with Gasteiger partial charge < -0.3 is 20.3 Å². The minimum Gasteiger partial charge on any atom is -0.489 e. The fourth-order valence-electron chi connectivity index (χ4n) is 5.34. The summed E-state index contributed by atoms with van der Waals surface area (Å²) < 4.78 is 6.45. The van der Waals surface area contributed by atoms with Crippen molar-refractivity contribution in [2.24, 2.45) is 0 Å². The van der Waals surface area contributed by atoms with Crippen LogP contribution in [-0.4, -0.2) is 34.9 Å². The average molecular weight is 471 g/mol. The molecule has 180 valence electrons. The molecule has 0 spiro atoms. The summed E-state index contributed by atoms with van der Waals surface area (Å²) in [6, 6.07) is 13.1. The SMILES string of the molecule is [C-]#[N+]c1cccc(CN[C@@H]2CCCC[C@H]2Oc2ccc3c(c2)CN(C2CCC(=C)NC2=O)C3=O)c1. The van der Waals surface area contributed by atoms with Gasteiger partial charge in [0, 0.05) is 30.4 Å². The first kappa shape index (κ1) is 23.1. The Bertz CT molecular complexity index is 1200. The summed E-state index contributed by atoms with van der Waals surface area (Å²) in [7, 11) is 0. The lowest BCUT2D eigenvalue weighted by Crippen LogP contribution is -2.49. The Morgan fingerprint density at radius 2 is 2.00 bits per heavy atom. The highest BCUT2D eigenvalue weighted by molar-refractivity contribution is 6.01. The Kier molecular flexibility index (Phi) is 6.56. The van der Waals surface area contributed by atoms with Crippen molar-refractivity contribution in [1.29, 1.82) is 0 Å². The van der Waals surface area contributed by atoms with Gasteiger partial charge in [-0.25, -0.2) is 4.85 Å². The first-order valence-corrected chi connectivity index (χ1v) is 12.3. The summed E-state index contributed by atoms with van der Waals surface area (Å²) >= 11 is 0. The van der Waals surface area contributed by atoms with Gasteiger partial charge in [-0.05, 0) is 61.4 Å². The van der Waals surface area contributed by atoms with Gasteiger partial charge in [0.05, 0.1) is 6.57 Å². The summed E-state index contributed by atoms with van der Waals surface area (Å²) in [4.78, 5) is 30.6. The number of allylic oxidation sites excluding steroid dienone is 1. The Morgan fingerprint density at radius 1 is 1.14 bits per heavy atom. The molecule has 7 heteroatoms. The number of carbonyl (C=O) groups is 2. The first-order chi connectivity index (χ1) is 17.0. The van der Waals surface area contributed by atoms with Crippen LogP contribution in [0.15, 0.2) is 54.7 Å². The Labute approximate surface area is 206 Å². The van der Waals surface area contributed by atoms with Gasteiger partial charge in [0.1, 0.15) is 17.9 Å². The van der Waals surface area contributed by atoms with Gasteiger partial charge in [-0.15, -0.1) is 0 Å². The molecule has 1 unspecified atom stereocenters. The summed E-state index contributed by atoms with van der Waals surface area (Å²) in [5.41, 5.74) is 4.00. The molecule has 0 bridgehead atoms. The molecule has 35 heavy (non-hydrogen) atoms. The highest BCUT2D eigenvalue weighted by Gasteiger charge is 2.38. The van der Waals surface area contributed by atoms with Crippen LogP contribution in [0, 0.1) is 6.57 Å². The largest absolute Gasteiger partial charge is 0.489 e. The second kappa shape index (κ2) is 9.93. The number of amides is 2. The van der Waals surface area contributed by atoms with Crippen LogP contribution < -0.4 is 15.4 Å². The van der Waals surface area contributed by atoms with E-state index in [1.807, 2.05) is 42.5 Å². The molecule has 0 radical (unpaired) electrons. The molecular formula is C28H30N4O3. The van der Waals surface area contributed by atoms with Crippen LogP contribution in [-0.2, 0) is 17.9 Å². The zero-order valence-electron chi connectivity index (χ0n) is 19.8. The van der Waals surface area contributed by atoms with Crippen molar-refractivity contribution >= 4 is 17.5 Å². The van der Waals surface area contributed by atoms with Crippen molar-refractivity contribution in [1.82, 2.24) is 15.5 Å². The topological polar surface area (TPSA) is 75.0 Å². The van der Waals surface area contributed by atoms with Gasteiger partial charge in [0.15, 0.2) is 5.69 Å². The molecule has 0 aromatic heterocycles. The zero-order valence-corrected chi connectivity index (χ0v) is 19.8. The van der Waals surface area contributed by atoms with E-state index in [0.717, 1.165) is 42.6 Å². The molecule has 1 saturated carbocycles. The molecule has 3 atom stereocenters. The minimum atomic E-state index is -0.460. The van der Waals surface area contributed by atoms with E-state index in [4.69, 9.17) is 11.3 Å². The smallest absolute Gasteiger partial charge is 0.255 e. The lowest BCUT2D eigenvalue weighted by atomic mass is 9.92. The van der Waals surface area contributed by atoms with Crippen LogP contribution in [0.4, 0.5) is 5.69 Å². The van der Waals surface area contributed by atoms with Crippen LogP contribution in [0.3, 0.4) is 0 Å². The average Bonchev–Trinajstić information content (AvgIpc) is 3.19. The van der Waals surface area contributed by atoms with Crippen LogP contribution in [0.5, 0.6) is 5.75 Å². The molecule has 3 aliphatic rings. The standard InChI is InChI=1S/C28H30N4O3/c1-18-10-13-25(27(33)31-18)32-17-20-15-22(11-12-23(20)28(32)34)35-26-9-4-3-8-24(26)30-16-19-6-5-7-21(14-19)29-2/h5-7,11-12,14-15,24-26,30H,1,3-4,8-10,13,16-17H2,(H,31,33)/t24-,25?,26-/m1/s1. The molecule has 1 saturated heterocycles. The Hall–Kier alpha value is -3.63. The van der Waals surface area contributed by atoms with Gasteiger partial charge in [-0.3, -0.25) is 9.59 Å². The Morgan fingerprint density at radius 3 is 2.83 bits per heavy atom. The second-order valence-electron chi connectivity index (χ2n) is 9.61. The van der Waals surface area contributed by atoms with Crippen molar-refractivity contribution in [2.75, 3.05) is 0 Å². The molecule has 2 aromatic carbocycles. The lowest BCUT2D eigenvalue weighted by molar-refractivity contribution is -0.126. The molecule has 2 heterocycles. The molecule has 1 aliphatic carbocycles. The molecule has 2 aromatic rings. The van der Waals surface area contributed by atoms with Crippen molar-refractivity contribution < 1.29 is 14.3 Å². The predicted octanol–water partition coefficient (Wildman–Crippen LogP) is 4.47. The van der Waals surface area contributed by atoms with Gasteiger partial charge in [-0.1, -0.05) is 37.3 Å². The number of piperidine rings is 1. The maximum atomic E-state index is 13.0. The fraction of sp³-hybridized carbons (Fsp3) is 0.393. The molecule has 2 aliphatic heterocycles. The van der Waals surface area contributed by atoms with E-state index in [-0.39, 0.29) is 24.0 Å². The van der Waals surface area contributed by atoms with Crippen LogP contribution >= 0.6 is 0 Å². The minimum absolute atomic E-state index is 0.0363. The predicted molar refractivity (Wildman–Crippen MR) is 133 cm³/mol. The normalized spacial score (nSPS) is 24.0. The second-order valence-corrected chi connectivity index (χ2v) is 9.61. The van der Waals surface area contributed by atoms with Gasteiger partial charge in [0.25, 0.3) is 5.91 Å². The fourth-order valence-corrected chi connectivity index (χ4v) is 5.34. The van der Waals surface area contributed by atoms with Crippen molar-refractivity contribution in [3.63, 3.8) is 0 Å². The third kappa shape index (κ3) is 4.94. The molecule has 2 fully saturated rings. The number of hydrogen-bond acceptors (Lipinski definition) is 4. The summed E-state index contributed by atoms with van der Waals surface area (Å²) in [6.45, 7) is 12.2. The van der Waals surface area contributed by atoms with Crippen LogP contribution in [0.25, 0.3) is 4.85 Å². The first-order valence-electron chi connectivity index (χ1n) is 12.3. The summed E-state index contributed by atoms with van der Waals surface area (Å²) in [5.74, 6) is 0.503. The van der Waals surface area contributed by atoms with E-state index >= 15 is 0 Å². The molecule has 7 nitrogen and oxygen atoms in total. The summed E-state index contributed by atoms with van der Waals surface area (Å²) in [6.07, 6.45) is 5.60. The van der Waals surface area contributed by atoms with Gasteiger partial charge in [-0.2, -0.15) is 0 Å². The van der Waals surface area contributed by atoms with Crippen LogP contribution in [0.1, 0.15) is 60.0 Å². The molecule has 2 N–H and O–H groups in total. The number of rotatable bonds is 6. The van der Waals surface area contributed by atoms with E-state index in [2.05, 4.69) is 22.1 Å². The number of nitrogens with one attached hydrogen (secondary N) is 2. The molecular weight excluding hydrogens is 440 g/mol. The lowest BCUT2D eigenvalue weighted by Gasteiger charge is -2.33. The third-order valence-corrected chi connectivity index (χ3v) is 7.21. The van der Waals surface area contributed by atoms with E-state index in [0.29, 0.717) is 42.9 Å².